The van der Waals surface area contributed by atoms with E-state index in [-0.39, 0.29) is 0 Å². The van der Waals surface area contributed by atoms with E-state index in [2.05, 4.69) is 34.2 Å². The van der Waals surface area contributed by atoms with Gasteiger partial charge >= 0.3 is 0 Å². The molecule has 102 valence electrons. The monoisotopic (exact) mass is 313 g/mol. The standard InChI is InChI=1S/C15H24BrNO/c1-2-9-17-14(13-8-10-18-15(13)16)11-12-6-4-3-5-7-12/h8,10,12,14,17H,2-7,9,11H2,1H3. The van der Waals surface area contributed by atoms with E-state index in [9.17, 15) is 0 Å². The van der Waals surface area contributed by atoms with Crippen LogP contribution in [0.4, 0.5) is 0 Å². The fourth-order valence-electron chi connectivity index (χ4n) is 2.95. The van der Waals surface area contributed by atoms with E-state index in [0.29, 0.717) is 6.04 Å². The summed E-state index contributed by atoms with van der Waals surface area (Å²) in [5.74, 6) is 0.884. The molecule has 1 atom stereocenters. The van der Waals surface area contributed by atoms with Gasteiger partial charge in [0, 0.05) is 11.6 Å². The van der Waals surface area contributed by atoms with Gasteiger partial charge in [0.1, 0.15) is 0 Å². The Balaban J connectivity index is 1.98. The van der Waals surface area contributed by atoms with Crippen LogP contribution in [0.3, 0.4) is 0 Å². The molecular formula is C15H24BrNO. The minimum absolute atomic E-state index is 0.446. The summed E-state index contributed by atoms with van der Waals surface area (Å²) in [6.07, 6.45) is 11.3. The minimum atomic E-state index is 0.446. The first kappa shape index (κ1) is 14.1. The number of halogens is 1. The van der Waals surface area contributed by atoms with Crippen LogP contribution in [0.5, 0.6) is 0 Å². The summed E-state index contributed by atoms with van der Waals surface area (Å²) in [5, 5.41) is 3.67. The summed E-state index contributed by atoms with van der Waals surface area (Å²) in [4.78, 5) is 0. The van der Waals surface area contributed by atoms with Crippen molar-refractivity contribution in [2.24, 2.45) is 5.92 Å². The molecule has 2 nitrogen and oxygen atoms in total. The molecule has 0 spiro atoms. The van der Waals surface area contributed by atoms with Gasteiger partial charge in [-0.05, 0) is 47.3 Å². The Morgan fingerprint density at radius 3 is 2.78 bits per heavy atom. The topological polar surface area (TPSA) is 25.2 Å². The van der Waals surface area contributed by atoms with Gasteiger partial charge in [-0.3, -0.25) is 0 Å². The SMILES string of the molecule is CCCNC(CC1CCCCC1)c1ccoc1Br. The normalized spacial score (nSPS) is 19.0. The maximum atomic E-state index is 5.39. The van der Waals surface area contributed by atoms with E-state index in [1.807, 2.05) is 0 Å². The van der Waals surface area contributed by atoms with Crippen LogP contribution in [0.15, 0.2) is 21.4 Å². The van der Waals surface area contributed by atoms with Crippen molar-refractivity contribution in [1.29, 1.82) is 0 Å². The average molecular weight is 314 g/mol. The van der Waals surface area contributed by atoms with Gasteiger partial charge in [-0.25, -0.2) is 0 Å². The molecule has 0 bridgehead atoms. The highest BCUT2D eigenvalue weighted by atomic mass is 79.9. The summed E-state index contributed by atoms with van der Waals surface area (Å²) in [6, 6.07) is 2.54. The van der Waals surface area contributed by atoms with E-state index < -0.39 is 0 Å². The highest BCUT2D eigenvalue weighted by Crippen LogP contribution is 2.34. The summed E-state index contributed by atoms with van der Waals surface area (Å²) >= 11 is 3.52. The molecule has 1 heterocycles. The highest BCUT2D eigenvalue weighted by Gasteiger charge is 2.22. The second-order valence-corrected chi connectivity index (χ2v) is 6.12. The molecule has 1 aliphatic rings. The Hall–Kier alpha value is -0.280. The van der Waals surface area contributed by atoms with E-state index >= 15 is 0 Å². The Morgan fingerprint density at radius 2 is 2.17 bits per heavy atom. The molecule has 2 rings (SSSR count). The molecule has 1 aliphatic carbocycles. The third kappa shape index (κ3) is 3.86. The molecule has 0 amide bonds. The largest absolute Gasteiger partial charge is 0.457 e. The average Bonchev–Trinajstić information content (AvgIpc) is 2.82. The summed E-state index contributed by atoms with van der Waals surface area (Å²) in [5.41, 5.74) is 1.29. The van der Waals surface area contributed by atoms with E-state index in [4.69, 9.17) is 4.42 Å². The molecule has 1 N–H and O–H groups in total. The van der Waals surface area contributed by atoms with Crippen molar-refractivity contribution in [3.05, 3.63) is 22.6 Å². The fourth-order valence-corrected chi connectivity index (χ4v) is 3.47. The van der Waals surface area contributed by atoms with Crippen molar-refractivity contribution in [3.63, 3.8) is 0 Å². The lowest BCUT2D eigenvalue weighted by molar-refractivity contribution is 0.298. The molecule has 1 fully saturated rings. The summed E-state index contributed by atoms with van der Waals surface area (Å²) in [6.45, 7) is 3.30. The molecule has 1 saturated carbocycles. The molecule has 0 aliphatic heterocycles. The Kier molecular flexibility index (Phi) is 5.77. The maximum absolute atomic E-state index is 5.39. The fraction of sp³-hybridized carbons (Fsp3) is 0.733. The molecule has 3 heteroatoms. The van der Waals surface area contributed by atoms with Crippen molar-refractivity contribution < 1.29 is 4.42 Å². The van der Waals surface area contributed by atoms with Crippen LogP contribution in [-0.2, 0) is 0 Å². The smallest absolute Gasteiger partial charge is 0.173 e. The van der Waals surface area contributed by atoms with Gasteiger partial charge in [0.25, 0.3) is 0 Å². The van der Waals surface area contributed by atoms with Crippen molar-refractivity contribution in [2.45, 2.75) is 57.9 Å². The third-order valence-corrected chi connectivity index (χ3v) is 4.60. The molecular weight excluding hydrogens is 290 g/mol. The molecule has 18 heavy (non-hydrogen) atoms. The van der Waals surface area contributed by atoms with Gasteiger partial charge in [0.05, 0.1) is 6.26 Å². The first-order chi connectivity index (χ1) is 8.81. The van der Waals surface area contributed by atoms with Crippen LogP contribution in [0.1, 0.15) is 63.5 Å². The van der Waals surface area contributed by atoms with Crippen LogP contribution >= 0.6 is 15.9 Å². The predicted molar refractivity (Wildman–Crippen MR) is 78.6 cm³/mol. The van der Waals surface area contributed by atoms with Crippen LogP contribution in [0.25, 0.3) is 0 Å². The van der Waals surface area contributed by atoms with Gasteiger partial charge in [-0.15, -0.1) is 0 Å². The van der Waals surface area contributed by atoms with Gasteiger partial charge < -0.3 is 9.73 Å². The zero-order valence-electron chi connectivity index (χ0n) is 11.3. The van der Waals surface area contributed by atoms with Crippen LogP contribution < -0.4 is 5.32 Å². The lowest BCUT2D eigenvalue weighted by Crippen LogP contribution is -2.25. The van der Waals surface area contributed by atoms with Crippen molar-refractivity contribution in [1.82, 2.24) is 5.32 Å². The molecule has 0 saturated heterocycles. The number of nitrogens with one attached hydrogen (secondary N) is 1. The molecule has 0 radical (unpaired) electrons. The quantitative estimate of drug-likeness (QED) is 0.794. The highest BCUT2D eigenvalue weighted by molar-refractivity contribution is 9.10. The van der Waals surface area contributed by atoms with Crippen molar-refractivity contribution in [2.75, 3.05) is 6.54 Å². The van der Waals surface area contributed by atoms with Crippen molar-refractivity contribution in [3.8, 4) is 0 Å². The third-order valence-electron chi connectivity index (χ3n) is 3.96. The van der Waals surface area contributed by atoms with Gasteiger partial charge in [-0.2, -0.15) is 0 Å². The zero-order chi connectivity index (χ0) is 12.8. The van der Waals surface area contributed by atoms with E-state index in [0.717, 1.165) is 17.1 Å². The molecule has 1 aromatic rings. The van der Waals surface area contributed by atoms with Crippen molar-refractivity contribution >= 4 is 15.9 Å². The second kappa shape index (κ2) is 7.34. The first-order valence-corrected chi connectivity index (χ1v) is 8.06. The number of hydrogen-bond acceptors (Lipinski definition) is 2. The summed E-state index contributed by atoms with van der Waals surface area (Å²) in [7, 11) is 0. The lowest BCUT2D eigenvalue weighted by atomic mass is 9.83. The number of furan rings is 1. The number of hydrogen-bond donors (Lipinski definition) is 1. The number of rotatable bonds is 6. The predicted octanol–water partition coefficient (Wildman–Crippen LogP) is 5.05. The molecule has 1 unspecified atom stereocenters. The van der Waals surface area contributed by atoms with Crippen LogP contribution in [0, 0.1) is 5.92 Å². The molecule has 0 aromatic carbocycles. The maximum Gasteiger partial charge on any atom is 0.173 e. The van der Waals surface area contributed by atoms with Crippen LogP contribution in [-0.4, -0.2) is 6.54 Å². The second-order valence-electron chi connectivity index (χ2n) is 5.40. The van der Waals surface area contributed by atoms with Gasteiger partial charge in [0.2, 0.25) is 0 Å². The first-order valence-electron chi connectivity index (χ1n) is 7.27. The zero-order valence-corrected chi connectivity index (χ0v) is 12.8. The minimum Gasteiger partial charge on any atom is -0.457 e. The Bertz CT molecular complexity index is 344. The van der Waals surface area contributed by atoms with E-state index in [1.165, 1.54) is 50.5 Å². The lowest BCUT2D eigenvalue weighted by Gasteiger charge is -2.27. The summed E-state index contributed by atoms with van der Waals surface area (Å²) < 4.78 is 6.29. The Labute approximate surface area is 119 Å². The van der Waals surface area contributed by atoms with Gasteiger partial charge in [-0.1, -0.05) is 39.0 Å². The molecule has 1 aromatic heterocycles. The van der Waals surface area contributed by atoms with E-state index in [1.54, 1.807) is 6.26 Å². The van der Waals surface area contributed by atoms with Gasteiger partial charge in [0.15, 0.2) is 4.67 Å². The Morgan fingerprint density at radius 1 is 1.39 bits per heavy atom. The van der Waals surface area contributed by atoms with Crippen LogP contribution in [0.2, 0.25) is 0 Å².